The Morgan fingerprint density at radius 2 is 0.792 bits per heavy atom. The number of unbranched alkanes of at least 4 members (excludes halogenated alkanes) is 15. The topological polar surface area (TPSA) is 0 Å². The van der Waals surface area contributed by atoms with E-state index in [0.29, 0.717) is 0 Å². The monoisotopic (exact) mass is 336 g/mol. The molecular weight excluding hydrogens is 288 g/mol. The molecule has 0 aromatic carbocycles. The lowest BCUT2D eigenvalue weighted by Crippen LogP contribution is -1.98. The smallest absolute Gasteiger partial charge is 0.0417 e. The minimum absolute atomic E-state index is 0.977. The quantitative estimate of drug-likeness (QED) is 0.194. The maximum atomic E-state index is 3.97. The van der Waals surface area contributed by atoms with Crippen LogP contribution < -0.4 is 0 Å². The summed E-state index contributed by atoms with van der Waals surface area (Å²) in [5, 5.41) is 0. The molecule has 0 nitrogen and oxygen atoms in total. The van der Waals surface area contributed by atoms with Crippen LogP contribution in [0.4, 0.5) is 0 Å². The van der Waals surface area contributed by atoms with Gasteiger partial charge in [0.05, 0.1) is 0 Å². The highest BCUT2D eigenvalue weighted by atomic mass is 14.1. The molecule has 0 saturated heterocycles. The predicted octanol–water partition coefficient (Wildman–Crippen LogP) is 9.09. The first-order valence-corrected chi connectivity index (χ1v) is 11.4. The van der Waals surface area contributed by atoms with Gasteiger partial charge < -0.3 is 0 Å². The van der Waals surface area contributed by atoms with E-state index in [-0.39, 0.29) is 0 Å². The molecule has 0 fully saturated rings. The molecule has 0 aliphatic heterocycles. The maximum Gasteiger partial charge on any atom is -0.0417 e. The highest BCUT2D eigenvalue weighted by molar-refractivity contribution is 4.59. The standard InChI is InChI=1S/C24H48/c1-4-7-9-10-11-12-13-14-15-16-17-18-19-20-21-23-24(6-3)22-8-5-2/h24H,1-2,4-23H2,3H3. The maximum absolute atomic E-state index is 3.97. The van der Waals surface area contributed by atoms with E-state index in [1.54, 1.807) is 0 Å². The molecule has 1 atom stereocenters. The van der Waals surface area contributed by atoms with E-state index < -0.39 is 0 Å². The van der Waals surface area contributed by atoms with Gasteiger partial charge in [-0.15, -0.1) is 0 Å². The zero-order chi connectivity index (χ0) is 17.7. The van der Waals surface area contributed by atoms with Crippen molar-refractivity contribution in [3.63, 3.8) is 0 Å². The summed E-state index contributed by atoms with van der Waals surface area (Å²) in [5.74, 6) is 0.977. The second kappa shape index (κ2) is 21.0. The van der Waals surface area contributed by atoms with Gasteiger partial charge in [-0.25, -0.2) is 0 Å². The molecule has 144 valence electrons. The highest BCUT2D eigenvalue weighted by Crippen LogP contribution is 2.20. The summed E-state index contributed by atoms with van der Waals surface area (Å²) in [5.41, 5.74) is 0. The fourth-order valence-corrected chi connectivity index (χ4v) is 3.72. The minimum atomic E-state index is 0.977. The third-order valence-corrected chi connectivity index (χ3v) is 5.55. The Bertz CT molecular complexity index is 208. The molecule has 0 aliphatic carbocycles. The van der Waals surface area contributed by atoms with E-state index >= 15 is 0 Å². The SMILES string of the molecule is [CH2]CCCCCCCCCCCCCCCCC(CC)CCC[CH2]. The predicted molar refractivity (Wildman–Crippen MR) is 112 cm³/mol. The van der Waals surface area contributed by atoms with Crippen molar-refractivity contribution in [2.24, 2.45) is 5.92 Å². The van der Waals surface area contributed by atoms with E-state index in [4.69, 9.17) is 0 Å². The van der Waals surface area contributed by atoms with Gasteiger partial charge in [-0.05, 0) is 5.92 Å². The first kappa shape index (κ1) is 24.0. The molecule has 2 radical (unpaired) electrons. The zero-order valence-corrected chi connectivity index (χ0v) is 17.1. The van der Waals surface area contributed by atoms with Gasteiger partial charge in [-0.3, -0.25) is 0 Å². The number of rotatable bonds is 20. The second-order valence-electron chi connectivity index (χ2n) is 7.86. The van der Waals surface area contributed by atoms with Crippen molar-refractivity contribution in [2.45, 2.75) is 135 Å². The highest BCUT2D eigenvalue weighted by Gasteiger charge is 2.04. The summed E-state index contributed by atoms with van der Waals surface area (Å²) >= 11 is 0. The Morgan fingerprint density at radius 1 is 0.458 bits per heavy atom. The molecule has 0 heterocycles. The van der Waals surface area contributed by atoms with Crippen LogP contribution in [0.3, 0.4) is 0 Å². The summed E-state index contributed by atoms with van der Waals surface area (Å²) in [6, 6.07) is 0. The van der Waals surface area contributed by atoms with Gasteiger partial charge in [0.1, 0.15) is 0 Å². The van der Waals surface area contributed by atoms with Crippen molar-refractivity contribution in [1.29, 1.82) is 0 Å². The van der Waals surface area contributed by atoms with Gasteiger partial charge in [0.2, 0.25) is 0 Å². The Morgan fingerprint density at radius 3 is 1.17 bits per heavy atom. The van der Waals surface area contributed by atoms with Gasteiger partial charge in [0.15, 0.2) is 0 Å². The first-order chi connectivity index (χ1) is 11.8. The van der Waals surface area contributed by atoms with Crippen molar-refractivity contribution in [3.05, 3.63) is 13.8 Å². The zero-order valence-electron chi connectivity index (χ0n) is 17.1. The molecule has 0 aliphatic rings. The fourth-order valence-electron chi connectivity index (χ4n) is 3.72. The van der Waals surface area contributed by atoms with E-state index in [1.807, 2.05) is 0 Å². The normalized spacial score (nSPS) is 12.6. The van der Waals surface area contributed by atoms with Crippen molar-refractivity contribution >= 4 is 0 Å². The van der Waals surface area contributed by atoms with Crippen LogP contribution in [0.15, 0.2) is 0 Å². The summed E-state index contributed by atoms with van der Waals surface area (Å²) in [7, 11) is 0. The van der Waals surface area contributed by atoms with E-state index in [0.717, 1.165) is 18.8 Å². The molecule has 24 heavy (non-hydrogen) atoms. The lowest BCUT2D eigenvalue weighted by atomic mass is 9.93. The first-order valence-electron chi connectivity index (χ1n) is 11.4. The molecule has 0 heteroatoms. The Balaban J connectivity index is 3.12. The second-order valence-corrected chi connectivity index (χ2v) is 7.86. The largest absolute Gasteiger partial charge is 0.0651 e. The molecule has 0 spiro atoms. The summed E-state index contributed by atoms with van der Waals surface area (Å²) < 4.78 is 0. The molecule has 0 bridgehead atoms. The molecule has 0 amide bonds. The van der Waals surface area contributed by atoms with Gasteiger partial charge >= 0.3 is 0 Å². The van der Waals surface area contributed by atoms with Gasteiger partial charge in [-0.1, -0.05) is 149 Å². The van der Waals surface area contributed by atoms with Crippen LogP contribution in [0.1, 0.15) is 135 Å². The van der Waals surface area contributed by atoms with Gasteiger partial charge in [0.25, 0.3) is 0 Å². The molecular formula is C24H48. The third-order valence-electron chi connectivity index (χ3n) is 5.55. The molecule has 0 aromatic rings. The average Bonchev–Trinajstić information content (AvgIpc) is 2.61. The fraction of sp³-hybridized carbons (Fsp3) is 0.917. The number of hydrogen-bond donors (Lipinski definition) is 0. The molecule has 0 N–H and O–H groups in total. The van der Waals surface area contributed by atoms with Crippen LogP contribution in [-0.2, 0) is 0 Å². The summed E-state index contributed by atoms with van der Waals surface area (Å²) in [6.07, 6.45) is 28.1. The van der Waals surface area contributed by atoms with Crippen molar-refractivity contribution in [1.82, 2.24) is 0 Å². The minimum Gasteiger partial charge on any atom is -0.0651 e. The van der Waals surface area contributed by atoms with Crippen LogP contribution in [0, 0.1) is 19.8 Å². The van der Waals surface area contributed by atoms with Crippen LogP contribution in [0.2, 0.25) is 0 Å². The Kier molecular flexibility index (Phi) is 21.0. The van der Waals surface area contributed by atoms with Gasteiger partial charge in [-0.2, -0.15) is 0 Å². The number of hydrogen-bond acceptors (Lipinski definition) is 0. The van der Waals surface area contributed by atoms with Crippen molar-refractivity contribution in [2.75, 3.05) is 0 Å². The lowest BCUT2D eigenvalue weighted by molar-refractivity contribution is 0.402. The van der Waals surface area contributed by atoms with E-state index in [9.17, 15) is 0 Å². The van der Waals surface area contributed by atoms with E-state index in [2.05, 4.69) is 20.8 Å². The van der Waals surface area contributed by atoms with Crippen LogP contribution >= 0.6 is 0 Å². The third kappa shape index (κ3) is 18.3. The summed E-state index contributed by atoms with van der Waals surface area (Å²) in [6.45, 7) is 10.2. The summed E-state index contributed by atoms with van der Waals surface area (Å²) in [4.78, 5) is 0. The van der Waals surface area contributed by atoms with Crippen LogP contribution in [-0.4, -0.2) is 0 Å². The van der Waals surface area contributed by atoms with Crippen LogP contribution in [0.25, 0.3) is 0 Å². The molecule has 0 saturated carbocycles. The van der Waals surface area contributed by atoms with Crippen LogP contribution in [0.5, 0.6) is 0 Å². The lowest BCUT2D eigenvalue weighted by Gasteiger charge is -2.13. The van der Waals surface area contributed by atoms with Crippen molar-refractivity contribution < 1.29 is 0 Å². The average molecular weight is 337 g/mol. The Labute approximate surface area is 155 Å². The van der Waals surface area contributed by atoms with Crippen molar-refractivity contribution in [3.8, 4) is 0 Å². The molecule has 1 unspecified atom stereocenters. The molecule has 0 aromatic heterocycles. The van der Waals surface area contributed by atoms with Gasteiger partial charge in [0, 0.05) is 0 Å². The van der Waals surface area contributed by atoms with E-state index in [1.165, 1.54) is 116 Å². The Hall–Kier alpha value is 0. The molecule has 0 rings (SSSR count).